The SMILES string of the molecule is C=C(C(=O)NCCO)[C@H]1CCC(C)C2CC(=O)C(C)=C2C1. The standard InChI is InChI=1S/C17H25NO3/c1-10-4-5-13(11(2)17(21)18-6-7-19)8-15-12(3)16(20)9-14(10)15/h10,13-14,19H,2,4-9H2,1,3H3,(H,18,21)/t10?,13-,14?/m0/s1. The van der Waals surface area contributed by atoms with Gasteiger partial charge < -0.3 is 10.4 Å². The number of aliphatic hydroxyl groups is 1. The van der Waals surface area contributed by atoms with Crippen molar-refractivity contribution in [1.82, 2.24) is 5.32 Å². The smallest absolute Gasteiger partial charge is 0.246 e. The van der Waals surface area contributed by atoms with Gasteiger partial charge in [-0.25, -0.2) is 0 Å². The monoisotopic (exact) mass is 291 g/mol. The average Bonchev–Trinajstić information content (AvgIpc) is 2.65. The third-order valence-electron chi connectivity index (χ3n) is 5.06. The maximum atomic E-state index is 12.0. The number of carbonyl (C=O) groups is 2. The van der Waals surface area contributed by atoms with Gasteiger partial charge in [0.2, 0.25) is 5.91 Å². The predicted molar refractivity (Wildman–Crippen MR) is 81.6 cm³/mol. The van der Waals surface area contributed by atoms with E-state index in [0.717, 1.165) is 24.8 Å². The Labute approximate surface area is 126 Å². The molecule has 1 saturated carbocycles. The Morgan fingerprint density at radius 1 is 1.38 bits per heavy atom. The van der Waals surface area contributed by atoms with Crippen LogP contribution >= 0.6 is 0 Å². The summed E-state index contributed by atoms with van der Waals surface area (Å²) in [5.74, 6) is 1.03. The molecule has 0 saturated heterocycles. The van der Waals surface area contributed by atoms with Crippen molar-refractivity contribution in [3.63, 3.8) is 0 Å². The summed E-state index contributed by atoms with van der Waals surface area (Å²) < 4.78 is 0. The Bertz CT molecular complexity index is 492. The lowest BCUT2D eigenvalue weighted by atomic mass is 9.86. The van der Waals surface area contributed by atoms with Crippen LogP contribution in [0, 0.1) is 17.8 Å². The molecule has 1 amide bonds. The van der Waals surface area contributed by atoms with Gasteiger partial charge in [-0.3, -0.25) is 9.59 Å². The van der Waals surface area contributed by atoms with E-state index in [1.807, 2.05) is 6.92 Å². The number of amides is 1. The van der Waals surface area contributed by atoms with Crippen molar-refractivity contribution in [2.75, 3.05) is 13.2 Å². The molecular formula is C17H25NO3. The minimum atomic E-state index is -0.178. The number of aliphatic hydroxyl groups excluding tert-OH is 1. The van der Waals surface area contributed by atoms with Gasteiger partial charge in [-0.15, -0.1) is 0 Å². The van der Waals surface area contributed by atoms with Crippen LogP contribution in [0.2, 0.25) is 0 Å². The van der Waals surface area contributed by atoms with E-state index in [1.165, 1.54) is 5.57 Å². The van der Waals surface area contributed by atoms with Gasteiger partial charge in [0, 0.05) is 18.5 Å². The molecule has 0 aliphatic heterocycles. The van der Waals surface area contributed by atoms with Crippen molar-refractivity contribution in [2.24, 2.45) is 17.8 Å². The zero-order valence-corrected chi connectivity index (χ0v) is 12.9. The lowest BCUT2D eigenvalue weighted by Crippen LogP contribution is -2.30. The van der Waals surface area contributed by atoms with E-state index in [-0.39, 0.29) is 30.8 Å². The van der Waals surface area contributed by atoms with Gasteiger partial charge in [0.15, 0.2) is 5.78 Å². The summed E-state index contributed by atoms with van der Waals surface area (Å²) in [4.78, 5) is 24.0. The zero-order valence-electron chi connectivity index (χ0n) is 12.9. The predicted octanol–water partition coefficient (Wildman–Crippen LogP) is 1.99. The Hall–Kier alpha value is -1.42. The van der Waals surface area contributed by atoms with Gasteiger partial charge in [0.1, 0.15) is 0 Å². The van der Waals surface area contributed by atoms with Crippen molar-refractivity contribution < 1.29 is 14.7 Å². The van der Waals surface area contributed by atoms with Crippen molar-refractivity contribution in [3.05, 3.63) is 23.3 Å². The molecule has 0 aromatic heterocycles. The summed E-state index contributed by atoms with van der Waals surface area (Å²) in [7, 11) is 0. The van der Waals surface area contributed by atoms with Gasteiger partial charge in [0.25, 0.3) is 0 Å². The molecule has 0 aromatic rings. The Morgan fingerprint density at radius 3 is 2.76 bits per heavy atom. The normalized spacial score (nSPS) is 29.1. The highest BCUT2D eigenvalue weighted by molar-refractivity contribution is 5.99. The summed E-state index contributed by atoms with van der Waals surface area (Å²) in [6.45, 7) is 8.26. The number of ketones is 1. The van der Waals surface area contributed by atoms with Crippen LogP contribution in [0.25, 0.3) is 0 Å². The second kappa shape index (κ2) is 6.56. The molecule has 0 heterocycles. The van der Waals surface area contributed by atoms with Crippen LogP contribution in [-0.4, -0.2) is 29.9 Å². The Morgan fingerprint density at radius 2 is 2.10 bits per heavy atom. The highest BCUT2D eigenvalue weighted by Crippen LogP contribution is 2.45. The Balaban J connectivity index is 2.14. The largest absolute Gasteiger partial charge is 0.395 e. The van der Waals surface area contributed by atoms with Crippen LogP contribution in [0.4, 0.5) is 0 Å². The number of hydrogen-bond donors (Lipinski definition) is 2. The van der Waals surface area contributed by atoms with Crippen LogP contribution < -0.4 is 5.32 Å². The molecule has 2 aliphatic carbocycles. The van der Waals surface area contributed by atoms with Crippen LogP contribution in [0.3, 0.4) is 0 Å². The minimum Gasteiger partial charge on any atom is -0.395 e. The van der Waals surface area contributed by atoms with E-state index in [9.17, 15) is 9.59 Å². The third kappa shape index (κ3) is 3.26. The number of hydrogen-bond acceptors (Lipinski definition) is 3. The molecule has 2 rings (SSSR count). The molecule has 4 heteroatoms. The number of carbonyl (C=O) groups excluding carboxylic acids is 2. The molecule has 1 fully saturated rings. The summed E-state index contributed by atoms with van der Waals surface area (Å²) >= 11 is 0. The topological polar surface area (TPSA) is 66.4 Å². The highest BCUT2D eigenvalue weighted by atomic mass is 16.3. The number of rotatable bonds is 4. The number of fused-ring (bicyclic) bond motifs is 1. The first-order valence-corrected chi connectivity index (χ1v) is 7.76. The van der Waals surface area contributed by atoms with E-state index in [0.29, 0.717) is 23.8 Å². The van der Waals surface area contributed by atoms with Crippen molar-refractivity contribution in [3.8, 4) is 0 Å². The molecule has 0 radical (unpaired) electrons. The molecule has 2 unspecified atom stereocenters. The highest BCUT2D eigenvalue weighted by Gasteiger charge is 2.37. The van der Waals surface area contributed by atoms with E-state index >= 15 is 0 Å². The first kappa shape index (κ1) is 16.0. The molecule has 4 nitrogen and oxygen atoms in total. The van der Waals surface area contributed by atoms with Crippen LogP contribution in [-0.2, 0) is 9.59 Å². The maximum Gasteiger partial charge on any atom is 0.246 e. The van der Waals surface area contributed by atoms with Crippen LogP contribution in [0.15, 0.2) is 23.3 Å². The molecule has 2 N–H and O–H groups in total. The second-order valence-corrected chi connectivity index (χ2v) is 6.34. The van der Waals surface area contributed by atoms with Gasteiger partial charge in [-0.1, -0.05) is 19.1 Å². The van der Waals surface area contributed by atoms with Gasteiger partial charge in [0.05, 0.1) is 6.61 Å². The van der Waals surface area contributed by atoms with Gasteiger partial charge in [-0.2, -0.15) is 0 Å². The second-order valence-electron chi connectivity index (χ2n) is 6.34. The quantitative estimate of drug-likeness (QED) is 0.779. The lowest BCUT2D eigenvalue weighted by molar-refractivity contribution is -0.118. The van der Waals surface area contributed by atoms with Crippen LogP contribution in [0.5, 0.6) is 0 Å². The number of allylic oxidation sites excluding steroid dienone is 2. The molecule has 2 aliphatic rings. The maximum absolute atomic E-state index is 12.0. The molecule has 116 valence electrons. The van der Waals surface area contributed by atoms with E-state index in [4.69, 9.17) is 5.11 Å². The fraction of sp³-hybridized carbons (Fsp3) is 0.647. The van der Waals surface area contributed by atoms with Crippen LogP contribution in [0.1, 0.15) is 39.5 Å². The molecule has 0 bridgehead atoms. The fourth-order valence-electron chi connectivity index (χ4n) is 3.58. The molecule has 3 atom stereocenters. The number of Topliss-reactive ketones (excluding diaryl/α,β-unsaturated/α-hetero) is 1. The van der Waals surface area contributed by atoms with E-state index in [2.05, 4.69) is 18.8 Å². The molecule has 0 aromatic carbocycles. The van der Waals surface area contributed by atoms with E-state index in [1.54, 1.807) is 0 Å². The third-order valence-corrected chi connectivity index (χ3v) is 5.06. The first-order valence-electron chi connectivity index (χ1n) is 7.76. The molecule has 21 heavy (non-hydrogen) atoms. The first-order chi connectivity index (χ1) is 9.95. The summed E-state index contributed by atoms with van der Waals surface area (Å²) in [6.07, 6.45) is 3.37. The number of nitrogens with one attached hydrogen (secondary N) is 1. The van der Waals surface area contributed by atoms with Crippen molar-refractivity contribution in [2.45, 2.75) is 39.5 Å². The van der Waals surface area contributed by atoms with Gasteiger partial charge in [-0.05, 0) is 49.5 Å². The van der Waals surface area contributed by atoms with Gasteiger partial charge >= 0.3 is 0 Å². The van der Waals surface area contributed by atoms with E-state index < -0.39 is 0 Å². The van der Waals surface area contributed by atoms with Crippen molar-refractivity contribution in [1.29, 1.82) is 0 Å². The lowest BCUT2D eigenvalue weighted by Gasteiger charge is -2.19. The fourth-order valence-corrected chi connectivity index (χ4v) is 3.58. The Kier molecular flexibility index (Phi) is 4.99. The van der Waals surface area contributed by atoms with Crippen molar-refractivity contribution >= 4 is 11.7 Å². The summed E-state index contributed by atoms with van der Waals surface area (Å²) in [5.41, 5.74) is 2.73. The zero-order chi connectivity index (χ0) is 15.6. The summed E-state index contributed by atoms with van der Waals surface area (Å²) in [6, 6.07) is 0. The molecule has 0 spiro atoms. The molecular weight excluding hydrogens is 266 g/mol. The average molecular weight is 291 g/mol. The minimum absolute atomic E-state index is 0.0679. The summed E-state index contributed by atoms with van der Waals surface area (Å²) in [5, 5.41) is 11.5.